The summed E-state index contributed by atoms with van der Waals surface area (Å²) in [6, 6.07) is -0.913. The van der Waals surface area contributed by atoms with Crippen LogP contribution in [-0.2, 0) is 9.59 Å². The van der Waals surface area contributed by atoms with Gasteiger partial charge in [0.15, 0.2) is 0 Å². The average Bonchev–Trinajstić information content (AvgIpc) is 2.13. The highest BCUT2D eigenvalue weighted by Crippen LogP contribution is 2.22. The number of hydrogen-bond acceptors (Lipinski definition) is 3. The van der Waals surface area contributed by atoms with Crippen LogP contribution >= 0.6 is 0 Å². The summed E-state index contributed by atoms with van der Waals surface area (Å²) in [4.78, 5) is 22.6. The number of rotatable bonds is 7. The maximum Gasteiger partial charge on any atom is 0.305 e. The van der Waals surface area contributed by atoms with Gasteiger partial charge in [-0.1, -0.05) is 34.1 Å². The van der Waals surface area contributed by atoms with E-state index in [0.717, 1.165) is 6.42 Å². The van der Waals surface area contributed by atoms with Gasteiger partial charge >= 0.3 is 5.97 Å². The van der Waals surface area contributed by atoms with Crippen molar-refractivity contribution in [2.75, 3.05) is 0 Å². The van der Waals surface area contributed by atoms with Gasteiger partial charge in [0.25, 0.3) is 0 Å². The zero-order valence-electron chi connectivity index (χ0n) is 11.8. The van der Waals surface area contributed by atoms with Gasteiger partial charge in [0, 0.05) is 6.04 Å². The van der Waals surface area contributed by atoms with E-state index >= 15 is 0 Å². The predicted molar refractivity (Wildman–Crippen MR) is 71.1 cm³/mol. The van der Waals surface area contributed by atoms with E-state index in [4.69, 9.17) is 10.8 Å². The fourth-order valence-electron chi connectivity index (χ4n) is 1.87. The van der Waals surface area contributed by atoms with E-state index in [1.54, 1.807) is 0 Å². The molecule has 0 heterocycles. The number of carboxylic acids is 1. The molecule has 0 radical (unpaired) electrons. The summed E-state index contributed by atoms with van der Waals surface area (Å²) < 4.78 is 0. The van der Waals surface area contributed by atoms with E-state index in [-0.39, 0.29) is 23.8 Å². The molecule has 0 aromatic carbocycles. The molecule has 18 heavy (non-hydrogen) atoms. The number of aliphatic carboxylic acids is 1. The Balaban J connectivity index is 4.48. The smallest absolute Gasteiger partial charge is 0.305 e. The highest BCUT2D eigenvalue weighted by Gasteiger charge is 2.24. The molecule has 0 aromatic rings. The molecule has 0 saturated heterocycles. The molecule has 0 aliphatic heterocycles. The summed E-state index contributed by atoms with van der Waals surface area (Å²) in [5.74, 6) is -1.17. The topological polar surface area (TPSA) is 92.4 Å². The van der Waals surface area contributed by atoms with Crippen molar-refractivity contribution in [3.05, 3.63) is 0 Å². The number of nitrogens with two attached hydrogens (primary N) is 1. The molecule has 0 rings (SSSR count). The standard InChI is InChI=1S/C13H26N2O3/c1-5-6-10(14)12(18)15-9(7-11(16)17)8-13(2,3)4/h9-10H,5-8,14H2,1-4H3,(H,15,18)(H,16,17)/t9?,10-/m1/s1. The van der Waals surface area contributed by atoms with E-state index in [1.807, 2.05) is 27.7 Å². The van der Waals surface area contributed by atoms with Crippen LogP contribution in [0.3, 0.4) is 0 Å². The second-order valence-corrected chi connectivity index (χ2v) is 5.96. The maximum absolute atomic E-state index is 11.8. The lowest BCUT2D eigenvalue weighted by atomic mass is 9.87. The van der Waals surface area contributed by atoms with E-state index in [0.29, 0.717) is 12.8 Å². The van der Waals surface area contributed by atoms with Crippen molar-refractivity contribution in [3.8, 4) is 0 Å². The molecule has 106 valence electrons. The average molecular weight is 258 g/mol. The molecule has 0 aliphatic carbocycles. The van der Waals surface area contributed by atoms with Crippen molar-refractivity contribution in [2.24, 2.45) is 11.1 Å². The molecular weight excluding hydrogens is 232 g/mol. The fraction of sp³-hybridized carbons (Fsp3) is 0.846. The summed E-state index contributed by atoms with van der Waals surface area (Å²) in [5, 5.41) is 11.6. The van der Waals surface area contributed by atoms with E-state index < -0.39 is 12.0 Å². The van der Waals surface area contributed by atoms with Crippen molar-refractivity contribution < 1.29 is 14.7 Å². The monoisotopic (exact) mass is 258 g/mol. The summed E-state index contributed by atoms with van der Waals surface area (Å²) in [7, 11) is 0. The minimum absolute atomic E-state index is 0.0394. The first-order valence-electron chi connectivity index (χ1n) is 6.43. The second kappa shape index (κ2) is 7.36. The predicted octanol–water partition coefficient (Wildman–Crippen LogP) is 1.51. The van der Waals surface area contributed by atoms with Crippen molar-refractivity contribution in [2.45, 2.75) is 65.5 Å². The van der Waals surface area contributed by atoms with Crippen LogP contribution < -0.4 is 11.1 Å². The van der Waals surface area contributed by atoms with Gasteiger partial charge in [0.2, 0.25) is 5.91 Å². The van der Waals surface area contributed by atoms with Crippen LogP contribution in [0.5, 0.6) is 0 Å². The molecule has 0 spiro atoms. The van der Waals surface area contributed by atoms with Crippen LogP contribution in [0.2, 0.25) is 0 Å². The van der Waals surface area contributed by atoms with Crippen molar-refractivity contribution in [3.63, 3.8) is 0 Å². The molecule has 0 aromatic heterocycles. The Morgan fingerprint density at radius 1 is 1.33 bits per heavy atom. The lowest BCUT2D eigenvalue weighted by Gasteiger charge is -2.26. The molecule has 0 aliphatic rings. The van der Waals surface area contributed by atoms with Crippen LogP contribution in [0.15, 0.2) is 0 Å². The van der Waals surface area contributed by atoms with Gasteiger partial charge in [-0.3, -0.25) is 9.59 Å². The SMILES string of the molecule is CCC[C@@H](N)C(=O)NC(CC(=O)O)CC(C)(C)C. The summed E-state index contributed by atoms with van der Waals surface area (Å²) in [5.41, 5.74) is 5.67. The van der Waals surface area contributed by atoms with Crippen LogP contribution in [-0.4, -0.2) is 29.1 Å². The Bertz CT molecular complexity index is 284. The molecule has 4 N–H and O–H groups in total. The molecule has 0 bridgehead atoms. The van der Waals surface area contributed by atoms with Crippen molar-refractivity contribution >= 4 is 11.9 Å². The number of carbonyl (C=O) groups excluding carboxylic acids is 1. The van der Waals surface area contributed by atoms with E-state index in [2.05, 4.69) is 5.32 Å². The largest absolute Gasteiger partial charge is 0.481 e. The van der Waals surface area contributed by atoms with Crippen LogP contribution in [0.1, 0.15) is 53.4 Å². The quantitative estimate of drug-likeness (QED) is 0.645. The van der Waals surface area contributed by atoms with E-state index in [9.17, 15) is 9.59 Å². The van der Waals surface area contributed by atoms with Gasteiger partial charge in [-0.05, 0) is 18.3 Å². The number of hydrogen-bond donors (Lipinski definition) is 3. The molecule has 5 nitrogen and oxygen atoms in total. The summed E-state index contributed by atoms with van der Waals surface area (Å²) in [6.45, 7) is 8.00. The van der Waals surface area contributed by atoms with Gasteiger partial charge in [-0.15, -0.1) is 0 Å². The highest BCUT2D eigenvalue weighted by molar-refractivity contribution is 5.82. The Morgan fingerprint density at radius 3 is 2.28 bits per heavy atom. The molecule has 1 unspecified atom stereocenters. The molecular formula is C13H26N2O3. The third-order valence-corrected chi connectivity index (χ3v) is 2.56. The van der Waals surface area contributed by atoms with Crippen LogP contribution in [0, 0.1) is 5.41 Å². The number of amides is 1. The summed E-state index contributed by atoms with van der Waals surface area (Å²) >= 11 is 0. The van der Waals surface area contributed by atoms with Crippen LogP contribution in [0.25, 0.3) is 0 Å². The normalized spacial score (nSPS) is 14.9. The van der Waals surface area contributed by atoms with Crippen molar-refractivity contribution in [1.82, 2.24) is 5.32 Å². The first kappa shape index (κ1) is 16.9. The van der Waals surface area contributed by atoms with Gasteiger partial charge in [-0.25, -0.2) is 0 Å². The Hall–Kier alpha value is -1.10. The number of carboxylic acid groups (broad SMARTS) is 1. The minimum atomic E-state index is -0.909. The van der Waals surface area contributed by atoms with E-state index in [1.165, 1.54) is 0 Å². The second-order valence-electron chi connectivity index (χ2n) is 5.96. The maximum atomic E-state index is 11.8. The number of carbonyl (C=O) groups is 2. The Labute approximate surface area is 109 Å². The van der Waals surface area contributed by atoms with Gasteiger partial charge < -0.3 is 16.2 Å². The van der Waals surface area contributed by atoms with Gasteiger partial charge in [0.05, 0.1) is 12.5 Å². The van der Waals surface area contributed by atoms with Gasteiger partial charge in [-0.2, -0.15) is 0 Å². The first-order valence-corrected chi connectivity index (χ1v) is 6.43. The lowest BCUT2D eigenvalue weighted by Crippen LogP contribution is -2.47. The molecule has 2 atom stereocenters. The zero-order valence-corrected chi connectivity index (χ0v) is 11.8. The third-order valence-electron chi connectivity index (χ3n) is 2.56. The molecule has 0 fully saturated rings. The first-order chi connectivity index (χ1) is 8.15. The lowest BCUT2D eigenvalue weighted by molar-refractivity contribution is -0.138. The molecule has 1 amide bonds. The minimum Gasteiger partial charge on any atom is -0.481 e. The Morgan fingerprint density at radius 2 is 1.89 bits per heavy atom. The number of nitrogens with one attached hydrogen (secondary N) is 1. The fourth-order valence-corrected chi connectivity index (χ4v) is 1.87. The molecule has 0 saturated carbocycles. The highest BCUT2D eigenvalue weighted by atomic mass is 16.4. The Kier molecular flexibility index (Phi) is 6.91. The molecule has 5 heteroatoms. The third kappa shape index (κ3) is 8.06. The summed E-state index contributed by atoms with van der Waals surface area (Å²) in [6.07, 6.45) is 1.99. The van der Waals surface area contributed by atoms with Crippen molar-refractivity contribution in [1.29, 1.82) is 0 Å². The zero-order chi connectivity index (χ0) is 14.3. The van der Waals surface area contributed by atoms with Crippen LogP contribution in [0.4, 0.5) is 0 Å². The van der Waals surface area contributed by atoms with Gasteiger partial charge in [0.1, 0.15) is 0 Å².